The summed E-state index contributed by atoms with van der Waals surface area (Å²) in [4.78, 5) is 2.50. The summed E-state index contributed by atoms with van der Waals surface area (Å²) in [7, 11) is -3.70. The summed E-state index contributed by atoms with van der Waals surface area (Å²) in [6.07, 6.45) is 1.57. The fraction of sp³-hybridized carbons (Fsp3) is 0.0417. The van der Waals surface area contributed by atoms with Crippen LogP contribution in [0.1, 0.15) is 11.1 Å². The molecular formula is C24H18N2O2S. The number of hydrogen-bond acceptors (Lipinski definition) is 3. The molecule has 0 unspecified atom stereocenters. The molecule has 0 saturated carbocycles. The molecule has 0 bridgehead atoms. The predicted molar refractivity (Wildman–Crippen MR) is 119 cm³/mol. The van der Waals surface area contributed by atoms with Crippen LogP contribution in [-0.4, -0.2) is 14.6 Å². The number of hydrogen-bond donors (Lipinski definition) is 1. The van der Waals surface area contributed by atoms with Gasteiger partial charge in [-0.15, -0.1) is 0 Å². The van der Waals surface area contributed by atoms with Crippen LogP contribution in [0.25, 0.3) is 32.3 Å². The van der Waals surface area contributed by atoms with Crippen LogP contribution in [0, 0.1) is 6.92 Å². The molecule has 5 aromatic carbocycles. The zero-order chi connectivity index (χ0) is 20.0. The largest absolute Gasteiger partial charge is 0.276 e. The average molecular weight is 398 g/mol. The fourth-order valence-electron chi connectivity index (χ4n) is 3.81. The first kappa shape index (κ1) is 17.6. The van der Waals surface area contributed by atoms with Gasteiger partial charge in [0.1, 0.15) is 0 Å². The standard InChI is InChI=1S/C24H18N2O2S/c1-16-5-12-21(13-6-16)29(27,28)26-25-15-20-10-9-19-8-7-17-3-2-4-18-11-14-22(20)24(19)23(17)18/h2-15,26H,1H3/b25-15+. The van der Waals surface area contributed by atoms with E-state index in [0.29, 0.717) is 0 Å². The number of hydrazone groups is 1. The van der Waals surface area contributed by atoms with Gasteiger partial charge in [0.05, 0.1) is 11.1 Å². The molecule has 5 heteroatoms. The second-order valence-electron chi connectivity index (χ2n) is 7.18. The van der Waals surface area contributed by atoms with Gasteiger partial charge in [-0.3, -0.25) is 0 Å². The van der Waals surface area contributed by atoms with E-state index in [0.717, 1.165) is 21.9 Å². The van der Waals surface area contributed by atoms with Crippen molar-refractivity contribution in [1.29, 1.82) is 0 Å². The minimum atomic E-state index is -3.70. The smallest absolute Gasteiger partial charge is 0.200 e. The van der Waals surface area contributed by atoms with Crippen molar-refractivity contribution in [3.05, 3.63) is 90.0 Å². The highest BCUT2D eigenvalue weighted by Gasteiger charge is 2.13. The Kier molecular flexibility index (Phi) is 4.00. The van der Waals surface area contributed by atoms with Crippen LogP contribution in [-0.2, 0) is 10.0 Å². The normalized spacial score (nSPS) is 12.4. The minimum Gasteiger partial charge on any atom is -0.200 e. The molecule has 0 atom stereocenters. The highest BCUT2D eigenvalue weighted by atomic mass is 32.2. The van der Waals surface area contributed by atoms with Gasteiger partial charge in [0.15, 0.2) is 0 Å². The number of benzene rings is 5. The summed E-state index contributed by atoms with van der Waals surface area (Å²) in [5.74, 6) is 0. The van der Waals surface area contributed by atoms with Crippen molar-refractivity contribution in [1.82, 2.24) is 4.83 Å². The summed E-state index contributed by atoms with van der Waals surface area (Å²) in [6, 6.07) is 25.4. The van der Waals surface area contributed by atoms with Crippen LogP contribution in [0.15, 0.2) is 88.9 Å². The molecule has 0 heterocycles. The van der Waals surface area contributed by atoms with Gasteiger partial charge in [0.25, 0.3) is 10.0 Å². The Morgan fingerprint density at radius 1 is 0.759 bits per heavy atom. The van der Waals surface area contributed by atoms with Crippen molar-refractivity contribution in [3.8, 4) is 0 Å². The first-order valence-corrected chi connectivity index (χ1v) is 10.8. The lowest BCUT2D eigenvalue weighted by atomic mass is 9.92. The zero-order valence-corrected chi connectivity index (χ0v) is 16.6. The summed E-state index contributed by atoms with van der Waals surface area (Å²) >= 11 is 0. The number of sulfonamides is 1. The van der Waals surface area contributed by atoms with E-state index in [1.54, 1.807) is 30.5 Å². The van der Waals surface area contributed by atoms with Crippen LogP contribution >= 0.6 is 0 Å². The predicted octanol–water partition coefficient (Wildman–Crippen LogP) is 5.20. The van der Waals surface area contributed by atoms with E-state index in [2.05, 4.69) is 52.4 Å². The number of nitrogens with one attached hydrogen (secondary N) is 1. The lowest BCUT2D eigenvalue weighted by molar-refractivity contribution is 0.584. The van der Waals surface area contributed by atoms with E-state index in [-0.39, 0.29) is 4.90 Å². The SMILES string of the molecule is Cc1ccc(S(=O)(=O)N/N=C/c2ccc3ccc4cccc5ccc2c3c45)cc1. The third-order valence-corrected chi connectivity index (χ3v) is 6.51. The van der Waals surface area contributed by atoms with Crippen LogP contribution in [0.3, 0.4) is 0 Å². The molecule has 29 heavy (non-hydrogen) atoms. The second kappa shape index (κ2) is 6.57. The molecule has 4 nitrogen and oxygen atoms in total. The molecule has 0 spiro atoms. The maximum absolute atomic E-state index is 12.4. The van der Waals surface area contributed by atoms with E-state index in [4.69, 9.17) is 0 Å². The molecule has 0 aromatic heterocycles. The van der Waals surface area contributed by atoms with Crippen LogP contribution in [0.2, 0.25) is 0 Å². The van der Waals surface area contributed by atoms with Crippen molar-refractivity contribution in [2.45, 2.75) is 11.8 Å². The quantitative estimate of drug-likeness (QED) is 0.257. The molecule has 5 rings (SSSR count). The number of aryl methyl sites for hydroxylation is 1. The highest BCUT2D eigenvalue weighted by molar-refractivity contribution is 7.89. The van der Waals surface area contributed by atoms with Crippen LogP contribution in [0.4, 0.5) is 0 Å². The summed E-state index contributed by atoms with van der Waals surface area (Å²) in [5.41, 5.74) is 1.86. The van der Waals surface area contributed by atoms with Gasteiger partial charge in [-0.05, 0) is 51.4 Å². The molecule has 0 aliphatic heterocycles. The molecule has 0 radical (unpaired) electrons. The van der Waals surface area contributed by atoms with Gasteiger partial charge in [0.2, 0.25) is 0 Å². The molecular weight excluding hydrogens is 380 g/mol. The van der Waals surface area contributed by atoms with Crippen LogP contribution < -0.4 is 4.83 Å². The van der Waals surface area contributed by atoms with E-state index >= 15 is 0 Å². The monoisotopic (exact) mass is 398 g/mol. The van der Waals surface area contributed by atoms with Crippen molar-refractivity contribution >= 4 is 48.6 Å². The lowest BCUT2D eigenvalue weighted by Crippen LogP contribution is -2.18. The third kappa shape index (κ3) is 3.00. The van der Waals surface area contributed by atoms with Crippen molar-refractivity contribution in [2.75, 3.05) is 0 Å². The van der Waals surface area contributed by atoms with E-state index in [1.807, 2.05) is 19.1 Å². The van der Waals surface area contributed by atoms with E-state index < -0.39 is 10.0 Å². The summed E-state index contributed by atoms with van der Waals surface area (Å²) in [5, 5.41) is 11.0. The molecule has 142 valence electrons. The van der Waals surface area contributed by atoms with Gasteiger partial charge in [-0.1, -0.05) is 72.3 Å². The Labute approximate surface area is 168 Å². The van der Waals surface area contributed by atoms with Crippen LogP contribution in [0.5, 0.6) is 0 Å². The first-order valence-electron chi connectivity index (χ1n) is 9.31. The molecule has 0 fully saturated rings. The van der Waals surface area contributed by atoms with Crippen molar-refractivity contribution in [2.24, 2.45) is 5.10 Å². The molecule has 0 saturated heterocycles. The summed E-state index contributed by atoms with van der Waals surface area (Å²) < 4.78 is 24.9. The zero-order valence-electron chi connectivity index (χ0n) is 15.8. The Balaban J connectivity index is 1.56. The molecule has 0 amide bonds. The molecule has 0 aliphatic rings. The Bertz CT molecular complexity index is 1470. The molecule has 1 N–H and O–H groups in total. The average Bonchev–Trinajstić information content (AvgIpc) is 2.73. The first-order chi connectivity index (χ1) is 14.0. The molecule has 5 aromatic rings. The minimum absolute atomic E-state index is 0.190. The third-order valence-electron chi connectivity index (χ3n) is 5.27. The summed E-state index contributed by atoms with van der Waals surface area (Å²) in [6.45, 7) is 1.91. The maximum Gasteiger partial charge on any atom is 0.276 e. The Hall–Kier alpha value is -3.44. The Morgan fingerprint density at radius 3 is 2.10 bits per heavy atom. The van der Waals surface area contributed by atoms with Crippen molar-refractivity contribution in [3.63, 3.8) is 0 Å². The highest BCUT2D eigenvalue weighted by Crippen LogP contribution is 2.35. The Morgan fingerprint density at radius 2 is 1.38 bits per heavy atom. The van der Waals surface area contributed by atoms with E-state index in [9.17, 15) is 8.42 Å². The molecule has 0 aliphatic carbocycles. The second-order valence-corrected chi connectivity index (χ2v) is 8.84. The lowest BCUT2D eigenvalue weighted by Gasteiger charge is -2.12. The topological polar surface area (TPSA) is 58.5 Å². The maximum atomic E-state index is 12.4. The number of rotatable bonds is 4. The number of nitrogens with zero attached hydrogens (tertiary/aromatic N) is 1. The van der Waals surface area contributed by atoms with Gasteiger partial charge in [-0.25, -0.2) is 4.83 Å². The van der Waals surface area contributed by atoms with Gasteiger partial charge in [0, 0.05) is 5.56 Å². The van der Waals surface area contributed by atoms with Gasteiger partial charge >= 0.3 is 0 Å². The van der Waals surface area contributed by atoms with Crippen molar-refractivity contribution < 1.29 is 8.42 Å². The van der Waals surface area contributed by atoms with Gasteiger partial charge in [-0.2, -0.15) is 13.5 Å². The fourth-order valence-corrected chi connectivity index (χ4v) is 4.60. The van der Waals surface area contributed by atoms with E-state index in [1.165, 1.54) is 21.5 Å². The van der Waals surface area contributed by atoms with Gasteiger partial charge < -0.3 is 0 Å².